The van der Waals surface area contributed by atoms with Gasteiger partial charge in [-0.3, -0.25) is 4.79 Å². The zero-order valence-corrected chi connectivity index (χ0v) is 8.91. The lowest BCUT2D eigenvalue weighted by Crippen LogP contribution is -2.31. The summed E-state index contributed by atoms with van der Waals surface area (Å²) in [5.74, 6) is 0.182. The fourth-order valence-electron chi connectivity index (χ4n) is 2.26. The number of allylic oxidation sites excluding steroid dienone is 4. The molecule has 1 atom stereocenters. The Balaban J connectivity index is 2.56. The van der Waals surface area contributed by atoms with Gasteiger partial charge < -0.3 is 9.84 Å². The van der Waals surface area contributed by atoms with Gasteiger partial charge in [-0.25, -0.2) is 0 Å². The smallest absolute Gasteiger partial charge is 0.223 e. The van der Waals surface area contributed by atoms with Gasteiger partial charge in [-0.05, 0) is 25.3 Å². The van der Waals surface area contributed by atoms with Crippen LogP contribution in [0.1, 0.15) is 19.8 Å². The second kappa shape index (κ2) is 3.26. The second-order valence-corrected chi connectivity index (χ2v) is 4.12. The van der Waals surface area contributed by atoms with Crippen LogP contribution in [0.25, 0.3) is 0 Å². The lowest BCUT2D eigenvalue weighted by molar-refractivity contribution is -0.114. The van der Waals surface area contributed by atoms with E-state index < -0.39 is 0 Å². The number of methoxy groups -OCH3 is 1. The van der Waals surface area contributed by atoms with Crippen molar-refractivity contribution in [1.82, 2.24) is 0 Å². The number of aliphatic hydroxyl groups excluding tert-OH is 1. The van der Waals surface area contributed by atoms with Crippen LogP contribution in [0.3, 0.4) is 0 Å². The van der Waals surface area contributed by atoms with Gasteiger partial charge in [0, 0.05) is 6.08 Å². The molecule has 0 aromatic carbocycles. The standard InChI is InChI=1S/C12H14O3/c1-12-6-4-3-5-8(12)11(14)9(13)7-10(12)15-2/h3-4,7,14H,5-6H2,1-2H3. The van der Waals surface area contributed by atoms with Gasteiger partial charge in [0.25, 0.3) is 0 Å². The van der Waals surface area contributed by atoms with Crippen LogP contribution in [0.2, 0.25) is 0 Å². The number of carbonyl (C=O) groups excluding carboxylic acids is 1. The predicted octanol–water partition coefficient (Wildman–Crippen LogP) is 2.27. The van der Waals surface area contributed by atoms with E-state index in [0.717, 1.165) is 12.0 Å². The largest absolute Gasteiger partial charge is 0.504 e. The summed E-state index contributed by atoms with van der Waals surface area (Å²) in [6.07, 6.45) is 6.80. The normalized spacial score (nSPS) is 30.0. The molecule has 3 heteroatoms. The van der Waals surface area contributed by atoms with Crippen LogP contribution in [-0.4, -0.2) is 18.0 Å². The van der Waals surface area contributed by atoms with E-state index in [0.29, 0.717) is 12.2 Å². The average Bonchev–Trinajstić information content (AvgIpc) is 2.23. The SMILES string of the molecule is COC1=CC(=O)C(O)=C2CC=CCC12C. The highest BCUT2D eigenvalue weighted by Crippen LogP contribution is 2.47. The van der Waals surface area contributed by atoms with Crippen molar-refractivity contribution in [2.45, 2.75) is 19.8 Å². The van der Waals surface area contributed by atoms with Crippen molar-refractivity contribution in [3.63, 3.8) is 0 Å². The summed E-state index contributed by atoms with van der Waals surface area (Å²) in [5.41, 5.74) is 0.427. The summed E-state index contributed by atoms with van der Waals surface area (Å²) in [6, 6.07) is 0. The summed E-state index contributed by atoms with van der Waals surface area (Å²) in [7, 11) is 1.56. The molecular formula is C12H14O3. The van der Waals surface area contributed by atoms with Gasteiger partial charge >= 0.3 is 0 Å². The Hall–Kier alpha value is -1.51. The molecule has 0 saturated carbocycles. The molecule has 0 saturated heterocycles. The fraction of sp³-hybridized carbons (Fsp3) is 0.417. The van der Waals surface area contributed by atoms with E-state index in [1.165, 1.54) is 6.08 Å². The van der Waals surface area contributed by atoms with Gasteiger partial charge in [-0.15, -0.1) is 0 Å². The molecule has 0 radical (unpaired) electrons. The molecule has 1 N–H and O–H groups in total. The summed E-state index contributed by atoms with van der Waals surface area (Å²) in [5, 5.41) is 9.75. The van der Waals surface area contributed by atoms with Crippen molar-refractivity contribution in [2.75, 3.05) is 7.11 Å². The first-order valence-electron chi connectivity index (χ1n) is 4.97. The van der Waals surface area contributed by atoms with Crippen molar-refractivity contribution < 1.29 is 14.6 Å². The molecule has 0 aliphatic heterocycles. The van der Waals surface area contributed by atoms with Crippen molar-refractivity contribution in [3.8, 4) is 0 Å². The monoisotopic (exact) mass is 206 g/mol. The molecule has 0 aromatic heterocycles. The first-order valence-corrected chi connectivity index (χ1v) is 4.97. The topological polar surface area (TPSA) is 46.5 Å². The molecule has 15 heavy (non-hydrogen) atoms. The number of fused-ring (bicyclic) bond motifs is 1. The predicted molar refractivity (Wildman–Crippen MR) is 56.2 cm³/mol. The Morgan fingerprint density at radius 2 is 2.20 bits per heavy atom. The van der Waals surface area contributed by atoms with Gasteiger partial charge in [0.15, 0.2) is 5.76 Å². The van der Waals surface area contributed by atoms with E-state index in [2.05, 4.69) is 6.08 Å². The highest BCUT2D eigenvalue weighted by atomic mass is 16.5. The minimum atomic E-state index is -0.352. The number of hydrogen-bond donors (Lipinski definition) is 1. The molecule has 0 bridgehead atoms. The summed E-state index contributed by atoms with van der Waals surface area (Å²) in [4.78, 5) is 11.5. The molecule has 2 rings (SSSR count). The van der Waals surface area contributed by atoms with Crippen LogP contribution in [0.15, 0.2) is 35.3 Å². The number of hydrogen-bond acceptors (Lipinski definition) is 3. The molecule has 80 valence electrons. The molecule has 3 nitrogen and oxygen atoms in total. The van der Waals surface area contributed by atoms with Crippen LogP contribution in [0.5, 0.6) is 0 Å². The van der Waals surface area contributed by atoms with Crippen molar-refractivity contribution in [1.29, 1.82) is 0 Å². The van der Waals surface area contributed by atoms with E-state index in [9.17, 15) is 9.90 Å². The number of rotatable bonds is 1. The van der Waals surface area contributed by atoms with E-state index >= 15 is 0 Å². The molecule has 0 spiro atoms. The molecule has 1 unspecified atom stereocenters. The van der Waals surface area contributed by atoms with E-state index in [1.54, 1.807) is 7.11 Å². The minimum Gasteiger partial charge on any atom is -0.504 e. The van der Waals surface area contributed by atoms with Crippen LogP contribution in [0.4, 0.5) is 0 Å². The fourth-order valence-corrected chi connectivity index (χ4v) is 2.26. The maximum Gasteiger partial charge on any atom is 0.223 e. The number of ether oxygens (including phenoxy) is 1. The Kier molecular flexibility index (Phi) is 2.18. The molecule has 0 heterocycles. The van der Waals surface area contributed by atoms with Gasteiger partial charge in [0.05, 0.1) is 12.5 Å². The molecular weight excluding hydrogens is 192 g/mol. The molecule has 2 aliphatic carbocycles. The highest BCUT2D eigenvalue weighted by Gasteiger charge is 2.41. The molecule has 2 aliphatic rings. The van der Waals surface area contributed by atoms with Crippen LogP contribution in [0, 0.1) is 5.41 Å². The zero-order chi connectivity index (χ0) is 11.1. The van der Waals surface area contributed by atoms with Gasteiger partial charge in [0.2, 0.25) is 5.78 Å². The second-order valence-electron chi connectivity index (χ2n) is 4.12. The number of ketones is 1. The Bertz CT molecular complexity index is 401. The third-order valence-corrected chi connectivity index (χ3v) is 3.23. The number of aliphatic hydroxyl groups is 1. The van der Waals surface area contributed by atoms with Crippen molar-refractivity contribution in [2.24, 2.45) is 5.41 Å². The van der Waals surface area contributed by atoms with Gasteiger partial charge in [0.1, 0.15) is 5.76 Å². The summed E-state index contributed by atoms with van der Waals surface area (Å²) >= 11 is 0. The van der Waals surface area contributed by atoms with E-state index in [-0.39, 0.29) is 17.0 Å². The first-order chi connectivity index (χ1) is 7.09. The minimum absolute atomic E-state index is 0.109. The first kappa shape index (κ1) is 10.0. The Labute approximate surface area is 88.7 Å². The molecule has 0 aromatic rings. The quantitative estimate of drug-likeness (QED) is 0.669. The lowest BCUT2D eigenvalue weighted by atomic mass is 9.69. The van der Waals surface area contributed by atoms with Crippen LogP contribution < -0.4 is 0 Å². The van der Waals surface area contributed by atoms with E-state index in [1.807, 2.05) is 13.0 Å². The van der Waals surface area contributed by atoms with Crippen molar-refractivity contribution >= 4 is 5.78 Å². The van der Waals surface area contributed by atoms with E-state index in [4.69, 9.17) is 4.74 Å². The zero-order valence-electron chi connectivity index (χ0n) is 8.91. The van der Waals surface area contributed by atoms with Gasteiger partial charge in [-0.1, -0.05) is 12.2 Å². The third kappa shape index (κ3) is 1.30. The highest BCUT2D eigenvalue weighted by molar-refractivity contribution is 6.04. The lowest BCUT2D eigenvalue weighted by Gasteiger charge is -2.37. The van der Waals surface area contributed by atoms with Crippen LogP contribution >= 0.6 is 0 Å². The third-order valence-electron chi connectivity index (χ3n) is 3.23. The Morgan fingerprint density at radius 1 is 1.47 bits per heavy atom. The molecule has 0 fully saturated rings. The van der Waals surface area contributed by atoms with Crippen molar-refractivity contribution in [3.05, 3.63) is 35.3 Å². The number of carbonyl (C=O) groups is 1. The van der Waals surface area contributed by atoms with Crippen LogP contribution in [-0.2, 0) is 9.53 Å². The Morgan fingerprint density at radius 3 is 2.87 bits per heavy atom. The maximum atomic E-state index is 11.5. The molecule has 0 amide bonds. The maximum absolute atomic E-state index is 11.5. The average molecular weight is 206 g/mol. The van der Waals surface area contributed by atoms with Gasteiger partial charge in [-0.2, -0.15) is 0 Å². The summed E-state index contributed by atoms with van der Waals surface area (Å²) < 4.78 is 5.24. The summed E-state index contributed by atoms with van der Waals surface area (Å²) in [6.45, 7) is 1.99.